The van der Waals surface area contributed by atoms with Crippen LogP contribution in [0.25, 0.3) is 0 Å². The molecule has 2 N–H and O–H groups in total. The van der Waals surface area contributed by atoms with E-state index in [9.17, 15) is 4.79 Å². The van der Waals surface area contributed by atoms with Crippen LogP contribution in [-0.4, -0.2) is 25.1 Å². The van der Waals surface area contributed by atoms with Crippen molar-refractivity contribution in [1.82, 2.24) is 5.32 Å². The second-order valence-corrected chi connectivity index (χ2v) is 4.71. The zero-order valence-electron chi connectivity index (χ0n) is 11.0. The highest BCUT2D eigenvalue weighted by Crippen LogP contribution is 2.33. The van der Waals surface area contributed by atoms with Crippen molar-refractivity contribution in [3.05, 3.63) is 23.8 Å². The first-order valence-electron chi connectivity index (χ1n) is 6.42. The third-order valence-electron chi connectivity index (χ3n) is 3.08. The van der Waals surface area contributed by atoms with Gasteiger partial charge in [-0.15, -0.1) is 0 Å². The van der Waals surface area contributed by atoms with E-state index in [2.05, 4.69) is 23.6 Å². The Morgan fingerprint density at radius 2 is 2.39 bits per heavy atom. The molecule has 98 valence electrons. The van der Waals surface area contributed by atoms with Crippen molar-refractivity contribution in [3.63, 3.8) is 0 Å². The Morgan fingerprint density at radius 1 is 1.56 bits per heavy atom. The molecule has 0 fully saturated rings. The average Bonchev–Trinajstić information content (AvgIpc) is 2.34. The summed E-state index contributed by atoms with van der Waals surface area (Å²) in [4.78, 5) is 10.8. The van der Waals surface area contributed by atoms with E-state index in [0.29, 0.717) is 19.2 Å². The first kappa shape index (κ1) is 12.7. The van der Waals surface area contributed by atoms with E-state index < -0.39 is 0 Å². The number of aryl methyl sites for hydroxylation is 1. The number of fused-ring (bicyclic) bond motifs is 1. The third-order valence-corrected chi connectivity index (χ3v) is 3.08. The third kappa shape index (κ3) is 3.15. The molecule has 0 aliphatic carbocycles. The molecule has 0 radical (unpaired) electrons. The van der Waals surface area contributed by atoms with Gasteiger partial charge in [-0.3, -0.25) is 4.79 Å². The van der Waals surface area contributed by atoms with Gasteiger partial charge in [-0.2, -0.15) is 0 Å². The Morgan fingerprint density at radius 3 is 3.17 bits per heavy atom. The van der Waals surface area contributed by atoms with Gasteiger partial charge in [-0.25, -0.2) is 0 Å². The molecule has 1 heterocycles. The number of hydrogen-bond donors (Lipinski definition) is 2. The predicted molar refractivity (Wildman–Crippen MR) is 72.0 cm³/mol. The van der Waals surface area contributed by atoms with Gasteiger partial charge in [0.25, 0.3) is 0 Å². The summed E-state index contributed by atoms with van der Waals surface area (Å²) in [5.74, 6) is 0.852. The van der Waals surface area contributed by atoms with Gasteiger partial charge < -0.3 is 15.4 Å². The van der Waals surface area contributed by atoms with Crippen molar-refractivity contribution in [3.8, 4) is 5.75 Å². The quantitative estimate of drug-likeness (QED) is 0.801. The van der Waals surface area contributed by atoms with Gasteiger partial charge in [0.05, 0.1) is 12.2 Å². The molecule has 4 heteroatoms. The molecule has 1 aliphatic rings. The van der Waals surface area contributed by atoms with Gasteiger partial charge in [-0.1, -0.05) is 12.1 Å². The van der Waals surface area contributed by atoms with Crippen LogP contribution in [0.15, 0.2) is 18.2 Å². The molecule has 1 atom stereocenters. The Kier molecular flexibility index (Phi) is 4.07. The molecule has 1 aromatic carbocycles. The number of ether oxygens (including phenoxy) is 1. The summed E-state index contributed by atoms with van der Waals surface area (Å²) in [7, 11) is 0. The summed E-state index contributed by atoms with van der Waals surface area (Å²) in [6.45, 7) is 4.71. The van der Waals surface area contributed by atoms with Crippen molar-refractivity contribution in [2.24, 2.45) is 0 Å². The van der Waals surface area contributed by atoms with Crippen LogP contribution in [0.4, 0.5) is 5.69 Å². The fourth-order valence-electron chi connectivity index (χ4n) is 2.15. The van der Waals surface area contributed by atoms with Crippen LogP contribution < -0.4 is 15.4 Å². The molecular weight excluding hydrogens is 228 g/mol. The maximum atomic E-state index is 10.8. The number of anilines is 1. The smallest absolute Gasteiger partial charge is 0.216 e. The molecule has 1 aromatic rings. The molecule has 0 saturated heterocycles. The predicted octanol–water partition coefficient (Wildman–Crippen LogP) is 1.95. The van der Waals surface area contributed by atoms with E-state index in [1.807, 2.05) is 12.1 Å². The number of para-hydroxylation sites is 1. The van der Waals surface area contributed by atoms with E-state index in [0.717, 1.165) is 24.3 Å². The lowest BCUT2D eigenvalue weighted by Gasteiger charge is -2.26. The summed E-state index contributed by atoms with van der Waals surface area (Å²) in [5, 5.41) is 6.19. The molecular formula is C14H20N2O2. The van der Waals surface area contributed by atoms with E-state index in [4.69, 9.17) is 4.74 Å². The number of hydrogen-bond acceptors (Lipinski definition) is 3. The van der Waals surface area contributed by atoms with Gasteiger partial charge in [0.1, 0.15) is 12.4 Å². The molecule has 0 spiro atoms. The minimum Gasteiger partial charge on any atom is -0.490 e. The molecule has 18 heavy (non-hydrogen) atoms. The zero-order chi connectivity index (χ0) is 13.0. The fraction of sp³-hybridized carbons (Fsp3) is 0.500. The molecule has 0 saturated carbocycles. The largest absolute Gasteiger partial charge is 0.490 e. The summed E-state index contributed by atoms with van der Waals surface area (Å²) in [5.41, 5.74) is 2.42. The number of benzene rings is 1. The highest BCUT2D eigenvalue weighted by molar-refractivity contribution is 5.72. The van der Waals surface area contributed by atoms with Gasteiger partial charge >= 0.3 is 0 Å². The minimum absolute atomic E-state index is 0.0274. The van der Waals surface area contributed by atoms with Crippen molar-refractivity contribution < 1.29 is 9.53 Å². The first-order chi connectivity index (χ1) is 8.66. The number of rotatable bonds is 4. The lowest BCUT2D eigenvalue weighted by molar-refractivity contribution is -0.119. The zero-order valence-corrected chi connectivity index (χ0v) is 11.0. The number of carbonyl (C=O) groups is 1. The van der Waals surface area contributed by atoms with Crippen LogP contribution >= 0.6 is 0 Å². The first-order valence-corrected chi connectivity index (χ1v) is 6.42. The molecule has 1 aliphatic heterocycles. The second-order valence-electron chi connectivity index (χ2n) is 4.71. The van der Waals surface area contributed by atoms with Gasteiger partial charge in [0.2, 0.25) is 5.91 Å². The van der Waals surface area contributed by atoms with Crippen LogP contribution in [0.2, 0.25) is 0 Å². The SMILES string of the molecule is CC(=O)NCCOc1cccc2c1N[C@H](C)CC2. The van der Waals surface area contributed by atoms with Crippen molar-refractivity contribution in [1.29, 1.82) is 0 Å². The van der Waals surface area contributed by atoms with E-state index >= 15 is 0 Å². The highest BCUT2D eigenvalue weighted by Gasteiger charge is 2.17. The molecule has 0 bridgehead atoms. The van der Waals surface area contributed by atoms with Crippen molar-refractivity contribution in [2.75, 3.05) is 18.5 Å². The number of amides is 1. The monoisotopic (exact) mass is 248 g/mol. The molecule has 1 amide bonds. The van der Waals surface area contributed by atoms with Crippen molar-refractivity contribution >= 4 is 11.6 Å². The van der Waals surface area contributed by atoms with Gasteiger partial charge in [0.15, 0.2) is 0 Å². The molecule has 0 unspecified atom stereocenters. The highest BCUT2D eigenvalue weighted by atomic mass is 16.5. The van der Waals surface area contributed by atoms with E-state index in [-0.39, 0.29) is 5.91 Å². The second kappa shape index (κ2) is 5.76. The standard InChI is InChI=1S/C14H20N2O2/c1-10-6-7-12-4-3-5-13(14(12)16-10)18-9-8-15-11(2)17/h3-5,10,16H,6-9H2,1-2H3,(H,15,17)/t10-/m1/s1. The van der Waals surface area contributed by atoms with Gasteiger partial charge in [0, 0.05) is 13.0 Å². The van der Waals surface area contributed by atoms with Crippen LogP contribution in [0.3, 0.4) is 0 Å². The van der Waals surface area contributed by atoms with Crippen LogP contribution in [0.5, 0.6) is 5.75 Å². The van der Waals surface area contributed by atoms with Crippen molar-refractivity contribution in [2.45, 2.75) is 32.7 Å². The molecule has 4 nitrogen and oxygen atoms in total. The van der Waals surface area contributed by atoms with Gasteiger partial charge in [-0.05, 0) is 31.4 Å². The number of nitrogens with one attached hydrogen (secondary N) is 2. The Labute approximate surface area is 108 Å². The summed E-state index contributed by atoms with van der Waals surface area (Å²) in [6.07, 6.45) is 2.24. The molecule has 0 aromatic heterocycles. The van der Waals surface area contributed by atoms with Crippen LogP contribution in [-0.2, 0) is 11.2 Å². The normalized spacial score (nSPS) is 17.6. The maximum absolute atomic E-state index is 10.8. The average molecular weight is 248 g/mol. The topological polar surface area (TPSA) is 50.4 Å². The fourth-order valence-corrected chi connectivity index (χ4v) is 2.15. The number of carbonyl (C=O) groups excluding carboxylic acids is 1. The minimum atomic E-state index is -0.0274. The molecule has 2 rings (SSSR count). The summed E-state index contributed by atoms with van der Waals surface area (Å²) in [6, 6.07) is 6.61. The lowest BCUT2D eigenvalue weighted by atomic mass is 9.98. The lowest BCUT2D eigenvalue weighted by Crippen LogP contribution is -2.26. The van der Waals surface area contributed by atoms with Crippen LogP contribution in [0, 0.1) is 0 Å². The van der Waals surface area contributed by atoms with Crippen LogP contribution in [0.1, 0.15) is 25.8 Å². The van der Waals surface area contributed by atoms with E-state index in [1.54, 1.807) is 0 Å². The Balaban J connectivity index is 1.98. The Hall–Kier alpha value is -1.71. The maximum Gasteiger partial charge on any atom is 0.216 e. The summed E-state index contributed by atoms with van der Waals surface area (Å²) < 4.78 is 5.73. The Bertz CT molecular complexity index is 432. The summed E-state index contributed by atoms with van der Waals surface area (Å²) >= 11 is 0. The van der Waals surface area contributed by atoms with E-state index in [1.165, 1.54) is 12.5 Å².